The summed E-state index contributed by atoms with van der Waals surface area (Å²) in [6.45, 7) is 1.94. The van der Waals surface area contributed by atoms with E-state index in [-0.39, 0.29) is 17.1 Å². The van der Waals surface area contributed by atoms with Gasteiger partial charge in [0.1, 0.15) is 5.75 Å². The van der Waals surface area contributed by atoms with Crippen molar-refractivity contribution in [3.05, 3.63) is 95.8 Å². The number of benzene rings is 2. The van der Waals surface area contributed by atoms with Gasteiger partial charge >= 0.3 is 6.03 Å². The van der Waals surface area contributed by atoms with E-state index >= 15 is 0 Å². The third kappa shape index (κ3) is 4.46. The predicted octanol–water partition coefficient (Wildman–Crippen LogP) is 5.30. The molecule has 36 heavy (non-hydrogen) atoms. The minimum atomic E-state index is -0.187. The molecule has 0 unspecified atom stereocenters. The maximum absolute atomic E-state index is 13.9. The quantitative estimate of drug-likeness (QED) is 0.457. The van der Waals surface area contributed by atoms with Crippen LogP contribution in [0.15, 0.2) is 79.1 Å². The van der Waals surface area contributed by atoms with Gasteiger partial charge in [0.2, 0.25) is 0 Å². The molecular weight excluding hydrogens is 448 g/mol. The lowest BCUT2D eigenvalue weighted by atomic mass is 9.68. The van der Waals surface area contributed by atoms with Gasteiger partial charge in [-0.05, 0) is 74.7 Å². The van der Waals surface area contributed by atoms with E-state index in [1.165, 1.54) is 5.56 Å². The van der Waals surface area contributed by atoms with E-state index in [0.29, 0.717) is 13.1 Å². The normalized spacial score (nSPS) is 24.1. The topological polar surface area (TPSA) is 48.9 Å². The number of hydrogen-bond acceptors (Lipinski definition) is 4. The maximum atomic E-state index is 13.9. The van der Waals surface area contributed by atoms with Crippen LogP contribution in [0.3, 0.4) is 0 Å². The zero-order valence-corrected chi connectivity index (χ0v) is 21.6. The number of methoxy groups -OCH3 is 1. The second kappa shape index (κ2) is 9.94. The summed E-state index contributed by atoms with van der Waals surface area (Å²) in [7, 11) is 6.05. The molecule has 1 aliphatic heterocycles. The molecule has 1 aromatic heterocycles. The monoisotopic (exact) mass is 484 g/mol. The number of urea groups is 1. The molecule has 1 aliphatic carbocycles. The molecule has 3 aromatic rings. The Hall–Kier alpha value is -3.38. The van der Waals surface area contributed by atoms with Crippen molar-refractivity contribution in [2.45, 2.75) is 49.9 Å². The standard InChI is InChI=1S/C30H36N4O2/c1-32(2)30(26-9-5-4-6-10-26)17-15-29(16-18-30)23-33(21-24-11-13-27(36-3)14-12-24)28(35)34(29)22-25-8-7-19-31-20-25/h4-14,19-20H,15-18,21-23H2,1-3H3/t29-,30-. The summed E-state index contributed by atoms with van der Waals surface area (Å²) in [5.41, 5.74) is 3.35. The van der Waals surface area contributed by atoms with Crippen molar-refractivity contribution in [3.63, 3.8) is 0 Å². The average Bonchev–Trinajstić information content (AvgIpc) is 3.16. The first-order valence-electron chi connectivity index (χ1n) is 12.8. The predicted molar refractivity (Wildman–Crippen MR) is 142 cm³/mol. The van der Waals surface area contributed by atoms with Gasteiger partial charge in [0.15, 0.2) is 0 Å². The molecule has 0 radical (unpaired) electrons. The summed E-state index contributed by atoms with van der Waals surface area (Å²) >= 11 is 0. The number of aromatic nitrogens is 1. The molecule has 2 aromatic carbocycles. The summed E-state index contributed by atoms with van der Waals surface area (Å²) < 4.78 is 5.31. The van der Waals surface area contributed by atoms with Crippen molar-refractivity contribution in [1.82, 2.24) is 19.7 Å². The second-order valence-corrected chi connectivity index (χ2v) is 10.5. The second-order valence-electron chi connectivity index (χ2n) is 10.5. The molecular formula is C30H36N4O2. The zero-order valence-electron chi connectivity index (χ0n) is 21.6. The minimum Gasteiger partial charge on any atom is -0.497 e. The summed E-state index contributed by atoms with van der Waals surface area (Å²) in [6, 6.07) is 23.0. The van der Waals surface area contributed by atoms with E-state index in [0.717, 1.165) is 49.1 Å². The van der Waals surface area contributed by atoms with Gasteiger partial charge in [-0.2, -0.15) is 0 Å². The van der Waals surface area contributed by atoms with Gasteiger partial charge in [-0.25, -0.2) is 4.79 Å². The van der Waals surface area contributed by atoms with Crippen LogP contribution in [0.4, 0.5) is 4.79 Å². The Bertz CT molecular complexity index is 1160. The van der Waals surface area contributed by atoms with E-state index in [4.69, 9.17) is 4.74 Å². The van der Waals surface area contributed by atoms with E-state index in [1.54, 1.807) is 13.3 Å². The molecule has 1 spiro atoms. The van der Waals surface area contributed by atoms with Crippen molar-refractivity contribution in [2.75, 3.05) is 27.7 Å². The van der Waals surface area contributed by atoms with Crippen LogP contribution < -0.4 is 4.74 Å². The molecule has 188 valence electrons. The van der Waals surface area contributed by atoms with Gasteiger partial charge in [-0.3, -0.25) is 9.88 Å². The minimum absolute atomic E-state index is 0.0149. The Morgan fingerprint density at radius 2 is 1.61 bits per heavy atom. The lowest BCUT2D eigenvalue weighted by Crippen LogP contribution is -2.55. The van der Waals surface area contributed by atoms with Crippen molar-refractivity contribution in [3.8, 4) is 5.75 Å². The van der Waals surface area contributed by atoms with Crippen molar-refractivity contribution in [1.29, 1.82) is 0 Å². The zero-order chi connectivity index (χ0) is 25.2. The van der Waals surface area contributed by atoms with Crippen LogP contribution in [0.25, 0.3) is 0 Å². The van der Waals surface area contributed by atoms with Crippen molar-refractivity contribution in [2.24, 2.45) is 0 Å². The number of nitrogens with zero attached hydrogens (tertiary/aromatic N) is 4. The Balaban J connectivity index is 1.43. The van der Waals surface area contributed by atoms with Gasteiger partial charge in [0.05, 0.1) is 12.6 Å². The number of amides is 2. The molecule has 2 heterocycles. The highest BCUT2D eigenvalue weighted by molar-refractivity contribution is 5.78. The molecule has 2 amide bonds. The first-order valence-corrected chi connectivity index (χ1v) is 12.8. The summed E-state index contributed by atoms with van der Waals surface area (Å²) in [5.74, 6) is 0.828. The molecule has 0 N–H and O–H groups in total. The highest BCUT2D eigenvalue weighted by Crippen LogP contribution is 2.49. The average molecular weight is 485 g/mol. The number of carbonyl (C=O) groups excluding carboxylic acids is 1. The molecule has 2 fully saturated rings. The summed E-state index contributed by atoms with van der Waals surface area (Å²) in [5, 5.41) is 0. The van der Waals surface area contributed by atoms with Crippen LogP contribution >= 0.6 is 0 Å². The third-order valence-corrected chi connectivity index (χ3v) is 8.33. The Morgan fingerprint density at radius 3 is 2.22 bits per heavy atom. The number of hydrogen-bond donors (Lipinski definition) is 0. The van der Waals surface area contributed by atoms with Crippen LogP contribution in [0.5, 0.6) is 5.75 Å². The Labute approximate surface area is 214 Å². The van der Waals surface area contributed by atoms with Crippen LogP contribution in [-0.2, 0) is 18.6 Å². The molecule has 0 bridgehead atoms. The van der Waals surface area contributed by atoms with Crippen molar-refractivity contribution >= 4 is 6.03 Å². The smallest absolute Gasteiger partial charge is 0.321 e. The van der Waals surface area contributed by atoms with Gasteiger partial charge < -0.3 is 14.5 Å². The fourth-order valence-corrected chi connectivity index (χ4v) is 6.17. The Kier molecular flexibility index (Phi) is 6.71. The first kappa shape index (κ1) is 24.3. The molecule has 1 saturated heterocycles. The molecule has 5 rings (SSSR count). The molecule has 2 aliphatic rings. The van der Waals surface area contributed by atoms with Gasteiger partial charge in [0, 0.05) is 37.6 Å². The molecule has 6 heteroatoms. The number of carbonyl (C=O) groups is 1. The third-order valence-electron chi connectivity index (χ3n) is 8.33. The molecule has 0 atom stereocenters. The number of pyridine rings is 1. The van der Waals surface area contributed by atoms with E-state index in [1.807, 2.05) is 29.3 Å². The first-order chi connectivity index (χ1) is 17.5. The van der Waals surface area contributed by atoms with Gasteiger partial charge in [0.25, 0.3) is 0 Å². The van der Waals surface area contributed by atoms with Crippen molar-refractivity contribution < 1.29 is 9.53 Å². The van der Waals surface area contributed by atoms with Crippen LogP contribution in [-0.4, -0.2) is 59.0 Å². The maximum Gasteiger partial charge on any atom is 0.321 e. The lowest BCUT2D eigenvalue weighted by molar-refractivity contribution is 0.0221. The van der Waals surface area contributed by atoms with Gasteiger partial charge in [-0.15, -0.1) is 0 Å². The molecule has 1 saturated carbocycles. The largest absolute Gasteiger partial charge is 0.497 e. The fourth-order valence-electron chi connectivity index (χ4n) is 6.17. The SMILES string of the molecule is COc1ccc(CN2C[C@]3(CC[C@@](c4ccccc4)(N(C)C)CC3)N(Cc3cccnc3)C2=O)cc1. The number of rotatable bonds is 7. The van der Waals surface area contributed by atoms with Gasteiger partial charge in [-0.1, -0.05) is 48.5 Å². The highest BCUT2D eigenvalue weighted by Gasteiger charge is 2.54. The van der Waals surface area contributed by atoms with Crippen LogP contribution in [0, 0.1) is 0 Å². The Morgan fingerprint density at radius 1 is 0.889 bits per heavy atom. The van der Waals surface area contributed by atoms with E-state index < -0.39 is 0 Å². The molecule has 6 nitrogen and oxygen atoms in total. The summed E-state index contributed by atoms with van der Waals surface area (Å²) in [6.07, 6.45) is 7.61. The van der Waals surface area contributed by atoms with E-state index in [9.17, 15) is 4.79 Å². The summed E-state index contributed by atoms with van der Waals surface area (Å²) in [4.78, 5) is 24.7. The van der Waals surface area contributed by atoms with E-state index in [2.05, 4.69) is 77.4 Å². The highest BCUT2D eigenvalue weighted by atomic mass is 16.5. The van der Waals surface area contributed by atoms with Crippen LogP contribution in [0.2, 0.25) is 0 Å². The lowest BCUT2D eigenvalue weighted by Gasteiger charge is -2.51. The number of ether oxygens (including phenoxy) is 1. The van der Waals surface area contributed by atoms with Crippen LogP contribution in [0.1, 0.15) is 42.4 Å². The fraction of sp³-hybridized carbons (Fsp3) is 0.400.